The van der Waals surface area contributed by atoms with Gasteiger partial charge in [-0.25, -0.2) is 0 Å². The van der Waals surface area contributed by atoms with E-state index in [1.54, 1.807) is 0 Å². The van der Waals surface area contributed by atoms with E-state index < -0.39 is 0 Å². The second kappa shape index (κ2) is 5.28. The molecule has 2 fully saturated rings. The fraction of sp³-hybridized carbons (Fsp3) is 1.00. The summed E-state index contributed by atoms with van der Waals surface area (Å²) in [6.45, 7) is 2.14. The zero-order valence-corrected chi connectivity index (χ0v) is 9.78. The lowest BCUT2D eigenvalue weighted by Crippen LogP contribution is -2.44. The third kappa shape index (κ3) is 3.44. The van der Waals surface area contributed by atoms with Crippen molar-refractivity contribution in [1.82, 2.24) is 10.2 Å². The smallest absolute Gasteiger partial charge is 0.0693 e. The van der Waals surface area contributed by atoms with Crippen LogP contribution in [0.15, 0.2) is 0 Å². The minimum atomic E-state index is -0.106. The maximum absolute atomic E-state index is 9.78. The molecule has 2 aliphatic rings. The molecule has 0 aromatic carbocycles. The van der Waals surface area contributed by atoms with E-state index in [0.29, 0.717) is 6.04 Å². The predicted octanol–water partition coefficient (Wildman–Crippen LogP) is 0.974. The first-order valence-electron chi connectivity index (χ1n) is 6.39. The summed E-state index contributed by atoms with van der Waals surface area (Å²) in [6, 6.07) is 1.20. The predicted molar refractivity (Wildman–Crippen MR) is 61.9 cm³/mol. The highest BCUT2D eigenvalue weighted by molar-refractivity contribution is 4.84. The van der Waals surface area contributed by atoms with Gasteiger partial charge in [0, 0.05) is 25.2 Å². The molecule has 0 aromatic heterocycles. The van der Waals surface area contributed by atoms with Crippen LogP contribution in [-0.4, -0.2) is 48.3 Å². The first-order valence-corrected chi connectivity index (χ1v) is 6.39. The minimum absolute atomic E-state index is 0.106. The first kappa shape index (κ1) is 11.4. The van der Waals surface area contributed by atoms with E-state index >= 15 is 0 Å². The lowest BCUT2D eigenvalue weighted by molar-refractivity contribution is 0.0897. The molecule has 0 unspecified atom stereocenters. The largest absolute Gasteiger partial charge is 0.392 e. The number of rotatable bonds is 5. The molecule has 0 radical (unpaired) electrons. The lowest BCUT2D eigenvalue weighted by atomic mass is 9.93. The van der Waals surface area contributed by atoms with Gasteiger partial charge in [-0.2, -0.15) is 0 Å². The Balaban J connectivity index is 1.59. The van der Waals surface area contributed by atoms with E-state index in [-0.39, 0.29) is 6.10 Å². The molecule has 2 N–H and O–H groups in total. The van der Waals surface area contributed by atoms with Crippen molar-refractivity contribution in [2.24, 2.45) is 0 Å². The Labute approximate surface area is 92.8 Å². The van der Waals surface area contributed by atoms with Crippen molar-refractivity contribution in [3.05, 3.63) is 0 Å². The molecular weight excluding hydrogens is 188 g/mol. The van der Waals surface area contributed by atoms with Crippen molar-refractivity contribution in [2.75, 3.05) is 20.1 Å². The monoisotopic (exact) mass is 212 g/mol. The number of aliphatic hydroxyl groups excluding tert-OH is 1. The summed E-state index contributed by atoms with van der Waals surface area (Å²) in [5, 5.41) is 13.3. The molecule has 2 aliphatic carbocycles. The maximum atomic E-state index is 9.78. The van der Waals surface area contributed by atoms with Crippen LogP contribution in [0.25, 0.3) is 0 Å². The van der Waals surface area contributed by atoms with Gasteiger partial charge in [-0.3, -0.25) is 0 Å². The van der Waals surface area contributed by atoms with Gasteiger partial charge in [-0.05, 0) is 32.7 Å². The molecule has 0 spiro atoms. The quantitative estimate of drug-likeness (QED) is 0.713. The van der Waals surface area contributed by atoms with Crippen molar-refractivity contribution in [2.45, 2.75) is 56.7 Å². The maximum Gasteiger partial charge on any atom is 0.0693 e. The highest BCUT2D eigenvalue weighted by atomic mass is 16.3. The van der Waals surface area contributed by atoms with Gasteiger partial charge in [0.05, 0.1) is 6.10 Å². The standard InChI is InChI=1S/C12H24N2O/c1-14(10-6-7-10)9-8-13-11-4-2-3-5-12(11)15/h10-13,15H,2-9H2,1H3/t11-,12-/m1/s1. The topological polar surface area (TPSA) is 35.5 Å². The molecule has 3 heteroatoms. The molecule has 0 amide bonds. The van der Waals surface area contributed by atoms with E-state index in [2.05, 4.69) is 17.3 Å². The normalized spacial score (nSPS) is 32.2. The Bertz CT molecular complexity index is 194. The van der Waals surface area contributed by atoms with Gasteiger partial charge in [0.15, 0.2) is 0 Å². The van der Waals surface area contributed by atoms with Crippen LogP contribution in [0.5, 0.6) is 0 Å². The molecule has 15 heavy (non-hydrogen) atoms. The molecule has 0 bridgehead atoms. The van der Waals surface area contributed by atoms with Crippen molar-refractivity contribution in [3.63, 3.8) is 0 Å². The summed E-state index contributed by atoms with van der Waals surface area (Å²) < 4.78 is 0. The van der Waals surface area contributed by atoms with Crippen LogP contribution in [0.4, 0.5) is 0 Å². The van der Waals surface area contributed by atoms with Gasteiger partial charge in [0.2, 0.25) is 0 Å². The first-order chi connectivity index (χ1) is 7.27. The summed E-state index contributed by atoms with van der Waals surface area (Å²) in [5.41, 5.74) is 0. The zero-order valence-electron chi connectivity index (χ0n) is 9.78. The van der Waals surface area contributed by atoms with E-state index in [9.17, 15) is 5.11 Å². The van der Waals surface area contributed by atoms with Gasteiger partial charge in [-0.1, -0.05) is 12.8 Å². The Hall–Kier alpha value is -0.120. The molecular formula is C12H24N2O. The Kier molecular flexibility index (Phi) is 4.00. The van der Waals surface area contributed by atoms with Gasteiger partial charge in [0.1, 0.15) is 0 Å². The third-order valence-corrected chi connectivity index (χ3v) is 3.77. The second-order valence-electron chi connectivity index (χ2n) is 5.12. The van der Waals surface area contributed by atoms with Crippen LogP contribution < -0.4 is 5.32 Å². The molecule has 0 aliphatic heterocycles. The molecule has 2 rings (SSSR count). The van der Waals surface area contributed by atoms with Crippen LogP contribution in [0.1, 0.15) is 38.5 Å². The van der Waals surface area contributed by atoms with Crippen molar-refractivity contribution >= 4 is 0 Å². The van der Waals surface area contributed by atoms with Crippen LogP contribution in [0, 0.1) is 0 Å². The summed E-state index contributed by atoms with van der Waals surface area (Å²) in [4.78, 5) is 2.43. The minimum Gasteiger partial charge on any atom is -0.392 e. The fourth-order valence-electron chi connectivity index (χ4n) is 2.47. The van der Waals surface area contributed by atoms with Crippen LogP contribution in [0.2, 0.25) is 0 Å². The lowest BCUT2D eigenvalue weighted by Gasteiger charge is -2.29. The summed E-state index contributed by atoms with van der Waals surface area (Å²) in [6.07, 6.45) is 7.24. The van der Waals surface area contributed by atoms with Crippen molar-refractivity contribution < 1.29 is 5.11 Å². The average molecular weight is 212 g/mol. The van der Waals surface area contributed by atoms with Crippen molar-refractivity contribution in [1.29, 1.82) is 0 Å². The average Bonchev–Trinajstić information content (AvgIpc) is 3.04. The number of nitrogens with zero attached hydrogens (tertiary/aromatic N) is 1. The second-order valence-corrected chi connectivity index (χ2v) is 5.12. The van der Waals surface area contributed by atoms with Crippen LogP contribution >= 0.6 is 0 Å². The van der Waals surface area contributed by atoms with Crippen LogP contribution in [0.3, 0.4) is 0 Å². The summed E-state index contributed by atoms with van der Waals surface area (Å²) >= 11 is 0. The van der Waals surface area contributed by atoms with E-state index in [1.165, 1.54) is 25.7 Å². The number of hydrogen-bond donors (Lipinski definition) is 2. The van der Waals surface area contributed by atoms with E-state index in [4.69, 9.17) is 0 Å². The van der Waals surface area contributed by atoms with E-state index in [1.807, 2.05) is 0 Å². The summed E-state index contributed by atoms with van der Waals surface area (Å²) in [7, 11) is 2.21. The SMILES string of the molecule is CN(CCN[C@@H]1CCCC[C@H]1O)C1CC1. The molecule has 0 saturated heterocycles. The van der Waals surface area contributed by atoms with Gasteiger partial charge in [-0.15, -0.1) is 0 Å². The van der Waals surface area contributed by atoms with Gasteiger partial charge >= 0.3 is 0 Å². The molecule has 3 nitrogen and oxygen atoms in total. The third-order valence-electron chi connectivity index (χ3n) is 3.77. The van der Waals surface area contributed by atoms with Gasteiger partial charge < -0.3 is 15.3 Å². The molecule has 0 aromatic rings. The Morgan fingerprint density at radius 2 is 1.93 bits per heavy atom. The highest BCUT2D eigenvalue weighted by Gasteiger charge is 2.26. The van der Waals surface area contributed by atoms with Gasteiger partial charge in [0.25, 0.3) is 0 Å². The summed E-state index contributed by atoms with van der Waals surface area (Å²) in [5.74, 6) is 0. The Morgan fingerprint density at radius 1 is 1.20 bits per heavy atom. The molecule has 88 valence electrons. The molecule has 2 saturated carbocycles. The number of hydrogen-bond acceptors (Lipinski definition) is 3. The fourth-order valence-corrected chi connectivity index (χ4v) is 2.47. The number of likely N-dealkylation sites (N-methyl/N-ethyl adjacent to an activating group) is 1. The number of aliphatic hydroxyl groups is 1. The number of nitrogens with one attached hydrogen (secondary N) is 1. The Morgan fingerprint density at radius 3 is 2.60 bits per heavy atom. The molecule has 2 atom stereocenters. The highest BCUT2D eigenvalue weighted by Crippen LogP contribution is 2.24. The van der Waals surface area contributed by atoms with Crippen molar-refractivity contribution in [3.8, 4) is 0 Å². The molecule has 0 heterocycles. The van der Waals surface area contributed by atoms with Crippen LogP contribution in [-0.2, 0) is 0 Å². The zero-order chi connectivity index (χ0) is 10.7. The van der Waals surface area contributed by atoms with E-state index in [0.717, 1.165) is 32.0 Å².